The predicted molar refractivity (Wildman–Crippen MR) is 113 cm³/mol. The lowest BCUT2D eigenvalue weighted by Crippen LogP contribution is -2.24. The Hall–Kier alpha value is -2.93. The van der Waals surface area contributed by atoms with Crippen LogP contribution >= 0.6 is 0 Å². The minimum Gasteiger partial charge on any atom is -0.493 e. The minimum absolute atomic E-state index is 0.0834. The van der Waals surface area contributed by atoms with E-state index in [4.69, 9.17) is 23.7 Å². The highest BCUT2D eigenvalue weighted by Gasteiger charge is 2.17. The maximum atomic E-state index is 12.4. The molecule has 162 valence electrons. The van der Waals surface area contributed by atoms with E-state index >= 15 is 0 Å². The second-order valence-electron chi connectivity index (χ2n) is 7.07. The fourth-order valence-corrected chi connectivity index (χ4v) is 3.34. The van der Waals surface area contributed by atoms with Crippen molar-refractivity contribution in [1.29, 1.82) is 0 Å². The monoisotopic (exact) mass is 415 g/mol. The standard InChI is InChI=1S/C23H29NO6/c1-26-19-8-6-16(11-21(19)27-2)13-23(25)24-14-17-7-9-20(22(12-17)28-3)30-15-18-5-4-10-29-18/h6-9,11-12,18H,4-5,10,13-15H2,1-3H3,(H,24,25). The van der Waals surface area contributed by atoms with Crippen LogP contribution in [-0.2, 0) is 22.5 Å². The van der Waals surface area contributed by atoms with Gasteiger partial charge in [-0.05, 0) is 48.2 Å². The highest BCUT2D eigenvalue weighted by molar-refractivity contribution is 5.78. The zero-order valence-electron chi connectivity index (χ0n) is 17.7. The molecule has 0 aromatic heterocycles. The molecule has 3 rings (SSSR count). The Morgan fingerprint density at radius 3 is 2.33 bits per heavy atom. The Morgan fingerprint density at radius 1 is 0.967 bits per heavy atom. The van der Waals surface area contributed by atoms with Crippen LogP contribution < -0.4 is 24.3 Å². The van der Waals surface area contributed by atoms with Crippen molar-refractivity contribution in [1.82, 2.24) is 5.32 Å². The molecule has 1 unspecified atom stereocenters. The third-order valence-electron chi connectivity index (χ3n) is 4.98. The van der Waals surface area contributed by atoms with Crippen molar-refractivity contribution in [2.24, 2.45) is 0 Å². The van der Waals surface area contributed by atoms with E-state index in [-0.39, 0.29) is 18.4 Å². The first kappa shape index (κ1) is 21.8. The number of rotatable bonds is 10. The summed E-state index contributed by atoms with van der Waals surface area (Å²) >= 11 is 0. The van der Waals surface area contributed by atoms with Gasteiger partial charge in [0, 0.05) is 13.2 Å². The first-order valence-corrected chi connectivity index (χ1v) is 10.0. The molecule has 1 N–H and O–H groups in total. The Balaban J connectivity index is 1.53. The van der Waals surface area contributed by atoms with Gasteiger partial charge in [-0.1, -0.05) is 12.1 Å². The lowest BCUT2D eigenvalue weighted by molar-refractivity contribution is -0.120. The van der Waals surface area contributed by atoms with Gasteiger partial charge in [0.1, 0.15) is 6.61 Å². The van der Waals surface area contributed by atoms with Crippen LogP contribution in [0.4, 0.5) is 0 Å². The highest BCUT2D eigenvalue weighted by Crippen LogP contribution is 2.29. The number of hydrogen-bond acceptors (Lipinski definition) is 6. The molecular formula is C23H29NO6. The van der Waals surface area contributed by atoms with Crippen LogP contribution in [0.15, 0.2) is 36.4 Å². The summed E-state index contributed by atoms with van der Waals surface area (Å²) in [5.74, 6) is 2.47. The van der Waals surface area contributed by atoms with E-state index in [9.17, 15) is 4.79 Å². The van der Waals surface area contributed by atoms with Gasteiger partial charge in [0.05, 0.1) is 33.9 Å². The summed E-state index contributed by atoms with van der Waals surface area (Å²) in [6.07, 6.45) is 2.49. The second kappa shape index (κ2) is 10.7. The lowest BCUT2D eigenvalue weighted by Gasteiger charge is -2.15. The maximum Gasteiger partial charge on any atom is 0.224 e. The summed E-state index contributed by atoms with van der Waals surface area (Å²) in [6.45, 7) is 1.71. The molecule has 2 aromatic carbocycles. The third kappa shape index (κ3) is 5.79. The first-order valence-electron chi connectivity index (χ1n) is 10.0. The minimum atomic E-state index is -0.0834. The Bertz CT molecular complexity index is 848. The summed E-state index contributed by atoms with van der Waals surface area (Å²) in [4.78, 5) is 12.4. The summed E-state index contributed by atoms with van der Waals surface area (Å²) in [5, 5.41) is 2.93. The van der Waals surface area contributed by atoms with Crippen molar-refractivity contribution in [3.63, 3.8) is 0 Å². The molecule has 0 radical (unpaired) electrons. The first-order chi connectivity index (χ1) is 14.6. The third-order valence-corrected chi connectivity index (χ3v) is 4.98. The van der Waals surface area contributed by atoms with E-state index in [0.717, 1.165) is 30.6 Å². The van der Waals surface area contributed by atoms with Crippen LogP contribution in [0, 0.1) is 0 Å². The molecule has 0 spiro atoms. The summed E-state index contributed by atoms with van der Waals surface area (Å²) in [5.41, 5.74) is 1.78. The summed E-state index contributed by atoms with van der Waals surface area (Å²) < 4.78 is 27.4. The predicted octanol–water partition coefficient (Wildman–Crippen LogP) is 3.13. The molecule has 1 saturated heterocycles. The maximum absolute atomic E-state index is 12.4. The largest absolute Gasteiger partial charge is 0.493 e. The summed E-state index contributed by atoms with van der Waals surface area (Å²) in [7, 11) is 4.76. The molecule has 0 bridgehead atoms. The number of benzene rings is 2. The van der Waals surface area contributed by atoms with E-state index in [1.165, 1.54) is 0 Å². The van der Waals surface area contributed by atoms with Crippen LogP contribution in [0.5, 0.6) is 23.0 Å². The molecule has 1 aliphatic rings. The number of ether oxygens (including phenoxy) is 5. The molecule has 1 fully saturated rings. The molecule has 1 atom stereocenters. The zero-order chi connectivity index (χ0) is 21.3. The average Bonchev–Trinajstić information content (AvgIpc) is 3.30. The number of amides is 1. The van der Waals surface area contributed by atoms with Crippen molar-refractivity contribution in [2.45, 2.75) is 31.9 Å². The van der Waals surface area contributed by atoms with Gasteiger partial charge in [-0.3, -0.25) is 4.79 Å². The van der Waals surface area contributed by atoms with Crippen molar-refractivity contribution in [3.05, 3.63) is 47.5 Å². The summed E-state index contributed by atoms with van der Waals surface area (Å²) in [6, 6.07) is 11.1. The Kier molecular flexibility index (Phi) is 7.79. The molecule has 0 aliphatic carbocycles. The van der Waals surface area contributed by atoms with Crippen LogP contribution in [0.2, 0.25) is 0 Å². The number of carbonyl (C=O) groups excluding carboxylic acids is 1. The normalized spacial score (nSPS) is 15.5. The SMILES string of the molecule is COc1ccc(CC(=O)NCc2ccc(OCC3CCCO3)c(OC)c2)cc1OC. The van der Waals surface area contributed by atoms with Crippen LogP contribution in [0.25, 0.3) is 0 Å². The second-order valence-corrected chi connectivity index (χ2v) is 7.07. The van der Waals surface area contributed by atoms with Crippen molar-refractivity contribution in [2.75, 3.05) is 34.5 Å². The fourth-order valence-electron chi connectivity index (χ4n) is 3.34. The number of nitrogens with one attached hydrogen (secondary N) is 1. The van der Waals surface area contributed by atoms with Gasteiger partial charge < -0.3 is 29.0 Å². The Labute approximate surface area is 177 Å². The Morgan fingerprint density at radius 2 is 1.63 bits per heavy atom. The van der Waals surface area contributed by atoms with Gasteiger partial charge in [0.15, 0.2) is 23.0 Å². The highest BCUT2D eigenvalue weighted by atomic mass is 16.5. The fraction of sp³-hybridized carbons (Fsp3) is 0.435. The molecule has 0 saturated carbocycles. The molecule has 7 heteroatoms. The van der Waals surface area contributed by atoms with Gasteiger partial charge in [-0.2, -0.15) is 0 Å². The lowest BCUT2D eigenvalue weighted by atomic mass is 10.1. The van der Waals surface area contributed by atoms with Crippen LogP contribution in [0.3, 0.4) is 0 Å². The molecule has 1 amide bonds. The van der Waals surface area contributed by atoms with Crippen molar-refractivity contribution >= 4 is 5.91 Å². The van der Waals surface area contributed by atoms with E-state index in [0.29, 0.717) is 36.1 Å². The van der Waals surface area contributed by atoms with E-state index < -0.39 is 0 Å². The van der Waals surface area contributed by atoms with Gasteiger partial charge in [0.2, 0.25) is 5.91 Å². The van der Waals surface area contributed by atoms with E-state index in [1.807, 2.05) is 30.3 Å². The molecule has 2 aromatic rings. The molecule has 30 heavy (non-hydrogen) atoms. The number of carbonyl (C=O) groups is 1. The van der Waals surface area contributed by atoms with Gasteiger partial charge >= 0.3 is 0 Å². The molecule has 7 nitrogen and oxygen atoms in total. The average molecular weight is 415 g/mol. The van der Waals surface area contributed by atoms with Gasteiger partial charge in [-0.25, -0.2) is 0 Å². The van der Waals surface area contributed by atoms with Crippen LogP contribution in [-0.4, -0.2) is 46.6 Å². The molecule has 1 heterocycles. The number of hydrogen-bond donors (Lipinski definition) is 1. The van der Waals surface area contributed by atoms with Crippen molar-refractivity contribution < 1.29 is 28.5 Å². The molecule has 1 aliphatic heterocycles. The quantitative estimate of drug-likeness (QED) is 0.643. The van der Waals surface area contributed by atoms with Gasteiger partial charge in [0.25, 0.3) is 0 Å². The topological polar surface area (TPSA) is 75.3 Å². The van der Waals surface area contributed by atoms with Crippen LogP contribution in [0.1, 0.15) is 24.0 Å². The number of methoxy groups -OCH3 is 3. The molecular weight excluding hydrogens is 386 g/mol. The van der Waals surface area contributed by atoms with E-state index in [2.05, 4.69) is 5.32 Å². The van der Waals surface area contributed by atoms with Crippen molar-refractivity contribution in [3.8, 4) is 23.0 Å². The van der Waals surface area contributed by atoms with Gasteiger partial charge in [-0.15, -0.1) is 0 Å². The van der Waals surface area contributed by atoms with E-state index in [1.54, 1.807) is 27.4 Å². The zero-order valence-corrected chi connectivity index (χ0v) is 17.7. The smallest absolute Gasteiger partial charge is 0.224 e.